The molecule has 0 spiro atoms. The van der Waals surface area contributed by atoms with Crippen LogP contribution in [0.3, 0.4) is 0 Å². The average Bonchev–Trinajstić information content (AvgIpc) is 3.63. The topological polar surface area (TPSA) is 59.1 Å². The Balaban J connectivity index is 1.71. The molecular weight excluding hydrogens is 402 g/mol. The molecule has 1 aliphatic rings. The summed E-state index contributed by atoms with van der Waals surface area (Å²) < 4.78 is 10.9. The van der Waals surface area contributed by atoms with Crippen molar-refractivity contribution in [1.82, 2.24) is 0 Å². The third kappa shape index (κ3) is 4.89. The summed E-state index contributed by atoms with van der Waals surface area (Å²) in [5.74, 6) is -0.0670. The summed E-state index contributed by atoms with van der Waals surface area (Å²) in [6, 6.07) is 23.3. The van der Waals surface area contributed by atoms with Crippen molar-refractivity contribution in [3.05, 3.63) is 95.6 Å². The van der Waals surface area contributed by atoms with Crippen LogP contribution < -0.4 is 9.64 Å². The largest absolute Gasteiger partial charge is 0.491 e. The molecule has 1 atom stereocenters. The second-order valence-corrected chi connectivity index (χ2v) is 8.87. The van der Waals surface area contributed by atoms with E-state index >= 15 is 0 Å². The van der Waals surface area contributed by atoms with Gasteiger partial charge in [0.25, 0.3) is 11.8 Å². The van der Waals surface area contributed by atoms with E-state index < -0.39 is 0 Å². The number of hydrogen-bond donors (Lipinski definition) is 0. The highest BCUT2D eigenvalue weighted by atomic mass is 16.6. The van der Waals surface area contributed by atoms with Gasteiger partial charge < -0.3 is 9.47 Å². The number of hydrogen-bond acceptors (Lipinski definition) is 4. The third-order valence-corrected chi connectivity index (χ3v) is 5.33. The molecule has 164 valence electrons. The molecule has 1 fully saturated rings. The molecule has 1 heterocycles. The van der Waals surface area contributed by atoms with E-state index in [1.807, 2.05) is 24.3 Å². The first-order valence-electron chi connectivity index (χ1n) is 10.7. The fourth-order valence-electron chi connectivity index (χ4n) is 3.53. The van der Waals surface area contributed by atoms with Crippen LogP contribution in [0.4, 0.5) is 5.69 Å². The molecule has 1 saturated heterocycles. The Bertz CT molecular complexity index is 1100. The molecule has 3 aromatic rings. The van der Waals surface area contributed by atoms with Gasteiger partial charge in [0.05, 0.1) is 12.3 Å². The molecule has 0 radical (unpaired) electrons. The molecule has 0 aliphatic carbocycles. The number of ether oxygens (including phenoxy) is 2. The maximum atomic E-state index is 13.8. The number of nitrogens with zero attached hydrogens (tertiary/aromatic N) is 1. The minimum absolute atomic E-state index is 0.154. The van der Waals surface area contributed by atoms with E-state index in [2.05, 4.69) is 20.8 Å². The Kier molecular flexibility index (Phi) is 6.10. The van der Waals surface area contributed by atoms with Gasteiger partial charge in [0.1, 0.15) is 18.5 Å². The van der Waals surface area contributed by atoms with Gasteiger partial charge in [-0.1, -0.05) is 57.2 Å². The molecule has 3 aromatic carbocycles. The molecule has 0 N–H and O–H groups in total. The van der Waals surface area contributed by atoms with Crippen LogP contribution in [0.25, 0.3) is 0 Å². The molecule has 2 amide bonds. The summed E-state index contributed by atoms with van der Waals surface area (Å²) in [6.45, 7) is 7.37. The predicted molar refractivity (Wildman–Crippen MR) is 124 cm³/mol. The maximum Gasteiger partial charge on any atom is 0.265 e. The van der Waals surface area contributed by atoms with Crippen molar-refractivity contribution in [3.8, 4) is 5.75 Å². The molecule has 5 heteroatoms. The Morgan fingerprint density at radius 1 is 0.906 bits per heavy atom. The molecule has 1 aliphatic heterocycles. The highest BCUT2D eigenvalue weighted by Crippen LogP contribution is 2.29. The second-order valence-electron chi connectivity index (χ2n) is 8.87. The van der Waals surface area contributed by atoms with Crippen molar-refractivity contribution < 1.29 is 19.1 Å². The second kappa shape index (κ2) is 8.97. The van der Waals surface area contributed by atoms with E-state index in [-0.39, 0.29) is 23.3 Å². The van der Waals surface area contributed by atoms with Gasteiger partial charge in [0, 0.05) is 11.1 Å². The van der Waals surface area contributed by atoms with Crippen molar-refractivity contribution in [1.29, 1.82) is 0 Å². The third-order valence-electron chi connectivity index (χ3n) is 5.33. The summed E-state index contributed by atoms with van der Waals surface area (Å²) in [5, 5.41) is 0. The lowest BCUT2D eigenvalue weighted by atomic mass is 9.83. The van der Waals surface area contributed by atoms with Gasteiger partial charge in [0.2, 0.25) is 0 Å². The number of epoxide rings is 1. The van der Waals surface area contributed by atoms with Crippen molar-refractivity contribution in [2.24, 2.45) is 0 Å². The normalized spacial score (nSPS) is 15.2. The molecule has 5 nitrogen and oxygen atoms in total. The molecule has 0 aromatic heterocycles. The predicted octanol–water partition coefficient (Wildman–Crippen LogP) is 5.25. The zero-order valence-electron chi connectivity index (χ0n) is 18.6. The van der Waals surface area contributed by atoms with Crippen LogP contribution in [-0.2, 0) is 10.2 Å². The number of anilines is 1. The Morgan fingerprint density at radius 3 is 2.16 bits per heavy atom. The quantitative estimate of drug-likeness (QED) is 0.397. The summed E-state index contributed by atoms with van der Waals surface area (Å²) >= 11 is 0. The minimum atomic E-state index is -0.376. The summed E-state index contributed by atoms with van der Waals surface area (Å²) in [7, 11) is 0. The summed E-state index contributed by atoms with van der Waals surface area (Å²) in [4.78, 5) is 28.5. The Hall–Kier alpha value is -3.44. The van der Waals surface area contributed by atoms with Crippen LogP contribution in [-0.4, -0.2) is 31.1 Å². The number of carbonyl (C=O) groups excluding carboxylic acids is 2. The molecule has 4 rings (SSSR count). The molecule has 0 saturated carbocycles. The number of imide groups is 1. The van der Waals surface area contributed by atoms with Gasteiger partial charge in [-0.15, -0.1) is 0 Å². The molecule has 0 bridgehead atoms. The van der Waals surface area contributed by atoms with E-state index in [9.17, 15) is 9.59 Å². The van der Waals surface area contributed by atoms with Crippen LogP contribution in [0.15, 0.2) is 78.9 Å². The van der Waals surface area contributed by atoms with Crippen LogP contribution >= 0.6 is 0 Å². The van der Waals surface area contributed by atoms with Crippen LogP contribution in [0.5, 0.6) is 5.75 Å². The Morgan fingerprint density at radius 2 is 1.53 bits per heavy atom. The highest BCUT2D eigenvalue weighted by molar-refractivity contribution is 6.26. The van der Waals surface area contributed by atoms with Gasteiger partial charge in [-0.25, -0.2) is 4.90 Å². The van der Waals surface area contributed by atoms with Crippen LogP contribution in [0, 0.1) is 0 Å². The van der Waals surface area contributed by atoms with Gasteiger partial charge in [-0.3, -0.25) is 9.59 Å². The fourth-order valence-corrected chi connectivity index (χ4v) is 3.53. The van der Waals surface area contributed by atoms with E-state index in [1.165, 1.54) is 4.90 Å². The fraction of sp³-hybridized carbons (Fsp3) is 0.259. The number of rotatable bonds is 6. The van der Waals surface area contributed by atoms with E-state index in [1.54, 1.807) is 54.6 Å². The van der Waals surface area contributed by atoms with Crippen molar-refractivity contribution in [2.45, 2.75) is 32.3 Å². The lowest BCUT2D eigenvalue weighted by Crippen LogP contribution is -2.38. The molecule has 32 heavy (non-hydrogen) atoms. The maximum absolute atomic E-state index is 13.8. The highest BCUT2D eigenvalue weighted by Gasteiger charge is 2.30. The van der Waals surface area contributed by atoms with E-state index in [0.717, 1.165) is 12.2 Å². The van der Waals surface area contributed by atoms with Gasteiger partial charge in [-0.05, 0) is 53.4 Å². The van der Waals surface area contributed by atoms with Gasteiger partial charge in [-0.2, -0.15) is 0 Å². The van der Waals surface area contributed by atoms with E-state index in [0.29, 0.717) is 29.2 Å². The molecule has 1 unspecified atom stereocenters. The zero-order chi connectivity index (χ0) is 22.7. The monoisotopic (exact) mass is 429 g/mol. The first-order valence-corrected chi connectivity index (χ1v) is 10.7. The first-order chi connectivity index (χ1) is 15.3. The number of benzene rings is 3. The van der Waals surface area contributed by atoms with Crippen molar-refractivity contribution in [2.75, 3.05) is 18.1 Å². The van der Waals surface area contributed by atoms with Gasteiger partial charge in [0.15, 0.2) is 0 Å². The first kappa shape index (κ1) is 21.8. The number of carbonyl (C=O) groups is 2. The van der Waals surface area contributed by atoms with Crippen LogP contribution in [0.2, 0.25) is 0 Å². The van der Waals surface area contributed by atoms with Crippen LogP contribution in [0.1, 0.15) is 47.1 Å². The smallest absolute Gasteiger partial charge is 0.265 e. The zero-order valence-corrected chi connectivity index (χ0v) is 18.6. The lowest BCUT2D eigenvalue weighted by molar-refractivity contribution is 0.0896. The average molecular weight is 430 g/mol. The van der Waals surface area contributed by atoms with Crippen molar-refractivity contribution in [3.63, 3.8) is 0 Å². The number of amides is 2. The lowest BCUT2D eigenvalue weighted by Gasteiger charge is -2.26. The summed E-state index contributed by atoms with van der Waals surface area (Å²) in [6.07, 6.45) is 0.154. The Labute approximate surface area is 188 Å². The van der Waals surface area contributed by atoms with E-state index in [4.69, 9.17) is 9.47 Å². The molecular formula is C27H27NO4. The summed E-state index contributed by atoms with van der Waals surface area (Å²) in [5.41, 5.74) is 2.08. The SMILES string of the molecule is CC(C)(C)c1ccccc1C(=O)N(C(=O)c1ccccc1)c1ccc(OCC2CO2)cc1. The standard InChI is InChI=1S/C27H27NO4/c1-27(2,3)24-12-8-7-11-23(24)26(30)28(25(29)19-9-5-4-6-10-19)20-13-15-21(16-14-20)31-17-22-18-32-22/h4-16,22H,17-18H2,1-3H3. The minimum Gasteiger partial charge on any atom is -0.491 e. The van der Waals surface area contributed by atoms with Crippen molar-refractivity contribution >= 4 is 17.5 Å². The van der Waals surface area contributed by atoms with Gasteiger partial charge >= 0.3 is 0 Å².